The van der Waals surface area contributed by atoms with Crippen molar-refractivity contribution in [3.63, 3.8) is 0 Å². The van der Waals surface area contributed by atoms with Crippen LogP contribution in [0.1, 0.15) is 27.2 Å². The Labute approximate surface area is 185 Å². The zero-order valence-corrected chi connectivity index (χ0v) is 18.3. The minimum Gasteiger partial charge on any atom is -0.266 e. The quantitative estimate of drug-likeness (QED) is 0.471. The summed E-state index contributed by atoms with van der Waals surface area (Å²) in [5.74, 6) is -1.03. The normalized spacial score (nSPS) is 11.5. The van der Waals surface area contributed by atoms with E-state index in [0.29, 0.717) is 22.5 Å². The van der Waals surface area contributed by atoms with Gasteiger partial charge in [-0.1, -0.05) is 66.2 Å². The number of nitrogens with zero attached hydrogens (tertiary/aromatic N) is 2. The molecule has 6 nitrogen and oxygen atoms in total. The number of hydrogen-bond donors (Lipinski definition) is 1. The average Bonchev–Trinajstić information content (AvgIpc) is 3.10. The monoisotopic (exact) mass is 453 g/mol. The van der Waals surface area contributed by atoms with Crippen LogP contribution in [0.2, 0.25) is 5.02 Å². The summed E-state index contributed by atoms with van der Waals surface area (Å²) in [4.78, 5) is 12.9. The molecule has 4 rings (SSSR count). The van der Waals surface area contributed by atoms with Gasteiger partial charge in [-0.05, 0) is 41.8 Å². The van der Waals surface area contributed by atoms with Gasteiger partial charge >= 0.3 is 0 Å². The second kappa shape index (κ2) is 8.53. The van der Waals surface area contributed by atoms with Crippen LogP contribution in [0.5, 0.6) is 0 Å². The second-order valence-electron chi connectivity index (χ2n) is 7.27. The van der Waals surface area contributed by atoms with Gasteiger partial charge in [0.1, 0.15) is 0 Å². The van der Waals surface area contributed by atoms with E-state index in [1.807, 2.05) is 43.3 Å². The molecule has 0 saturated carbocycles. The van der Waals surface area contributed by atoms with Crippen molar-refractivity contribution in [2.75, 3.05) is 0 Å². The number of carbonyl (C=O) groups excluding carboxylic acids is 1. The summed E-state index contributed by atoms with van der Waals surface area (Å²) in [5, 5.41) is 5.64. The molecule has 0 spiro atoms. The van der Waals surface area contributed by atoms with Crippen LogP contribution in [0.3, 0.4) is 0 Å². The zero-order valence-electron chi connectivity index (χ0n) is 16.7. The molecule has 0 atom stereocenters. The molecule has 3 aromatic carbocycles. The zero-order chi connectivity index (χ0) is 22.0. The molecular weight excluding hydrogens is 434 g/mol. The van der Waals surface area contributed by atoms with Gasteiger partial charge in [0.05, 0.1) is 17.8 Å². The maximum atomic E-state index is 12.9. The maximum Gasteiger partial charge on any atom is 0.285 e. The molecule has 158 valence electrons. The standard InChI is InChI=1S/C23H20ClN3O3S/c1-16-6-2-3-7-18(16)15-31(29,30)26-23(28)22-20-8-4-5-9-21(20)27(25-22)14-17-10-12-19(24)13-11-17/h2-13H,14-15H2,1H3,(H,26,28). The Balaban J connectivity index is 1.62. The summed E-state index contributed by atoms with van der Waals surface area (Å²) < 4.78 is 29.1. The number of halogens is 1. The molecule has 0 aliphatic rings. The molecule has 1 N–H and O–H groups in total. The van der Waals surface area contributed by atoms with Crippen LogP contribution in [0, 0.1) is 6.92 Å². The lowest BCUT2D eigenvalue weighted by Gasteiger charge is -2.08. The van der Waals surface area contributed by atoms with E-state index in [0.717, 1.165) is 16.6 Å². The smallest absolute Gasteiger partial charge is 0.266 e. The molecule has 1 heterocycles. The van der Waals surface area contributed by atoms with Crippen molar-refractivity contribution in [3.8, 4) is 0 Å². The molecule has 8 heteroatoms. The highest BCUT2D eigenvalue weighted by molar-refractivity contribution is 7.89. The Bertz CT molecular complexity index is 1360. The van der Waals surface area contributed by atoms with Gasteiger partial charge < -0.3 is 0 Å². The first-order valence-electron chi connectivity index (χ1n) is 9.62. The summed E-state index contributed by atoms with van der Waals surface area (Å²) in [6.07, 6.45) is 0. The van der Waals surface area contributed by atoms with Crippen LogP contribution in [-0.4, -0.2) is 24.1 Å². The lowest BCUT2D eigenvalue weighted by Crippen LogP contribution is -2.32. The topological polar surface area (TPSA) is 81.1 Å². The fourth-order valence-electron chi connectivity index (χ4n) is 3.38. The molecule has 0 radical (unpaired) electrons. The van der Waals surface area contributed by atoms with Crippen LogP contribution in [-0.2, 0) is 22.3 Å². The first-order valence-corrected chi connectivity index (χ1v) is 11.6. The van der Waals surface area contributed by atoms with E-state index in [9.17, 15) is 13.2 Å². The van der Waals surface area contributed by atoms with Crippen molar-refractivity contribution >= 4 is 38.4 Å². The molecule has 0 aliphatic heterocycles. The molecule has 0 saturated heterocycles. The fraction of sp³-hybridized carbons (Fsp3) is 0.130. The van der Waals surface area contributed by atoms with Crippen molar-refractivity contribution in [3.05, 3.63) is 100 Å². The predicted molar refractivity (Wildman–Crippen MR) is 122 cm³/mol. The molecule has 31 heavy (non-hydrogen) atoms. The molecular formula is C23H20ClN3O3S. The number of sulfonamides is 1. The Kier molecular flexibility index (Phi) is 5.80. The van der Waals surface area contributed by atoms with Crippen molar-refractivity contribution in [1.29, 1.82) is 0 Å². The van der Waals surface area contributed by atoms with Crippen LogP contribution in [0.25, 0.3) is 10.9 Å². The number of aryl methyl sites for hydroxylation is 1. The van der Waals surface area contributed by atoms with E-state index in [1.54, 1.807) is 41.1 Å². The third kappa shape index (κ3) is 4.78. The van der Waals surface area contributed by atoms with Gasteiger partial charge in [0.25, 0.3) is 5.91 Å². The lowest BCUT2D eigenvalue weighted by molar-refractivity contribution is 0.0977. The summed E-state index contributed by atoms with van der Waals surface area (Å²) in [5.41, 5.74) is 3.24. The van der Waals surface area contributed by atoms with Gasteiger partial charge in [0.15, 0.2) is 5.69 Å². The Morgan fingerprint density at radius 2 is 1.68 bits per heavy atom. The van der Waals surface area contributed by atoms with E-state index >= 15 is 0 Å². The number of fused-ring (bicyclic) bond motifs is 1. The summed E-state index contributed by atoms with van der Waals surface area (Å²) in [6, 6.07) is 21.7. The van der Waals surface area contributed by atoms with Crippen LogP contribution >= 0.6 is 11.6 Å². The van der Waals surface area contributed by atoms with Gasteiger partial charge in [0.2, 0.25) is 10.0 Å². The van der Waals surface area contributed by atoms with Crippen molar-refractivity contribution in [2.24, 2.45) is 0 Å². The molecule has 0 unspecified atom stereocenters. The minimum atomic E-state index is -3.89. The number of carbonyl (C=O) groups is 1. The third-order valence-electron chi connectivity index (χ3n) is 4.97. The number of rotatable bonds is 6. The second-order valence-corrected chi connectivity index (χ2v) is 9.43. The summed E-state index contributed by atoms with van der Waals surface area (Å²) in [7, 11) is -3.89. The van der Waals surface area contributed by atoms with Gasteiger partial charge in [-0.15, -0.1) is 0 Å². The largest absolute Gasteiger partial charge is 0.285 e. The molecule has 0 fully saturated rings. The van der Waals surface area contributed by atoms with Gasteiger partial charge in [-0.3, -0.25) is 9.48 Å². The summed E-state index contributed by atoms with van der Waals surface area (Å²) in [6.45, 7) is 2.25. The summed E-state index contributed by atoms with van der Waals surface area (Å²) >= 11 is 5.95. The van der Waals surface area contributed by atoms with E-state index < -0.39 is 15.9 Å². The number of benzene rings is 3. The van der Waals surface area contributed by atoms with Crippen LogP contribution < -0.4 is 4.72 Å². The number of nitrogens with one attached hydrogen (secondary N) is 1. The maximum absolute atomic E-state index is 12.9. The van der Waals surface area contributed by atoms with Crippen molar-refractivity contribution in [2.45, 2.75) is 19.2 Å². The van der Waals surface area contributed by atoms with Gasteiger partial charge in [-0.2, -0.15) is 5.10 Å². The van der Waals surface area contributed by atoms with Gasteiger partial charge in [-0.25, -0.2) is 13.1 Å². The SMILES string of the molecule is Cc1ccccc1CS(=O)(=O)NC(=O)c1nn(Cc2ccc(Cl)cc2)c2ccccc12. The molecule has 1 aromatic heterocycles. The first-order chi connectivity index (χ1) is 14.8. The van der Waals surface area contributed by atoms with Crippen LogP contribution in [0.4, 0.5) is 0 Å². The highest BCUT2D eigenvalue weighted by atomic mass is 35.5. The Morgan fingerprint density at radius 1 is 1.00 bits per heavy atom. The number of hydrogen-bond acceptors (Lipinski definition) is 4. The fourth-order valence-corrected chi connectivity index (χ4v) is 4.69. The highest BCUT2D eigenvalue weighted by Crippen LogP contribution is 2.21. The van der Waals surface area contributed by atoms with E-state index in [1.165, 1.54) is 0 Å². The predicted octanol–water partition coefficient (Wildman–Crippen LogP) is 4.31. The lowest BCUT2D eigenvalue weighted by atomic mass is 10.1. The Morgan fingerprint density at radius 3 is 2.42 bits per heavy atom. The average molecular weight is 454 g/mol. The molecule has 4 aromatic rings. The number of aromatic nitrogens is 2. The van der Waals surface area contributed by atoms with Gasteiger partial charge in [0, 0.05) is 10.4 Å². The minimum absolute atomic E-state index is 0.0675. The van der Waals surface area contributed by atoms with E-state index in [2.05, 4.69) is 9.82 Å². The molecule has 0 bridgehead atoms. The van der Waals surface area contributed by atoms with Crippen molar-refractivity contribution in [1.82, 2.24) is 14.5 Å². The first kappa shape index (κ1) is 21.1. The Hall–Kier alpha value is -3.16. The van der Waals surface area contributed by atoms with E-state index in [-0.39, 0.29) is 11.4 Å². The third-order valence-corrected chi connectivity index (χ3v) is 6.41. The highest BCUT2D eigenvalue weighted by Gasteiger charge is 2.22. The molecule has 0 aliphatic carbocycles. The van der Waals surface area contributed by atoms with Crippen molar-refractivity contribution < 1.29 is 13.2 Å². The van der Waals surface area contributed by atoms with E-state index in [4.69, 9.17) is 11.6 Å². The van der Waals surface area contributed by atoms with Crippen LogP contribution in [0.15, 0.2) is 72.8 Å². The molecule has 1 amide bonds. The number of para-hydroxylation sites is 1. The number of amides is 1.